The van der Waals surface area contributed by atoms with Gasteiger partial charge in [-0.1, -0.05) is 29.8 Å². The van der Waals surface area contributed by atoms with E-state index in [0.29, 0.717) is 18.8 Å². The maximum atomic E-state index is 12.8. The first kappa shape index (κ1) is 19.7. The highest BCUT2D eigenvalue weighted by Gasteiger charge is 2.29. The first-order chi connectivity index (χ1) is 12.9. The molecule has 3 rings (SSSR count). The molecule has 1 saturated heterocycles. The molecular weight excluding hydrogens is 386 g/mol. The highest BCUT2D eigenvalue weighted by molar-refractivity contribution is 7.89. The van der Waals surface area contributed by atoms with Crippen molar-refractivity contribution in [1.82, 2.24) is 4.31 Å². The topological polar surface area (TPSA) is 69.7 Å². The van der Waals surface area contributed by atoms with Crippen LogP contribution < -0.4 is 10.2 Å². The average molecular weight is 408 g/mol. The molecule has 6 nitrogen and oxygen atoms in total. The Hall–Kier alpha value is -2.09. The molecule has 1 aliphatic rings. The summed E-state index contributed by atoms with van der Waals surface area (Å²) in [7, 11) is -1.83. The molecule has 8 heteroatoms. The number of carbonyl (C=O) groups excluding carboxylic acids is 1. The predicted octanol–water partition coefficient (Wildman–Crippen LogP) is 3.20. The van der Waals surface area contributed by atoms with Crippen molar-refractivity contribution in [3.8, 4) is 0 Å². The number of nitrogens with one attached hydrogen (secondary N) is 1. The fraction of sp³-hybridized carbons (Fsp3) is 0.316. The second kappa shape index (κ2) is 8.29. The second-order valence-corrected chi connectivity index (χ2v) is 8.81. The number of nitrogens with zero attached hydrogens (tertiary/aromatic N) is 2. The molecule has 0 aliphatic carbocycles. The Bertz CT molecular complexity index is 913. The van der Waals surface area contributed by atoms with Crippen LogP contribution >= 0.6 is 11.6 Å². The van der Waals surface area contributed by atoms with Gasteiger partial charge >= 0.3 is 0 Å². The van der Waals surface area contributed by atoms with Gasteiger partial charge in [0.1, 0.15) is 4.90 Å². The smallest absolute Gasteiger partial charge is 0.244 e. The Morgan fingerprint density at radius 3 is 2.48 bits per heavy atom. The van der Waals surface area contributed by atoms with E-state index in [-0.39, 0.29) is 22.4 Å². The summed E-state index contributed by atoms with van der Waals surface area (Å²) in [4.78, 5) is 14.2. The Labute approximate surface area is 164 Å². The van der Waals surface area contributed by atoms with Crippen molar-refractivity contribution in [2.24, 2.45) is 0 Å². The number of rotatable bonds is 6. The van der Waals surface area contributed by atoms with Gasteiger partial charge in [-0.25, -0.2) is 8.42 Å². The third-order valence-electron chi connectivity index (χ3n) is 4.48. The number of anilines is 2. The van der Waals surface area contributed by atoms with Crippen molar-refractivity contribution in [1.29, 1.82) is 0 Å². The summed E-state index contributed by atoms with van der Waals surface area (Å²) in [6.07, 6.45) is 1.69. The first-order valence-corrected chi connectivity index (χ1v) is 10.6. The highest BCUT2D eigenvalue weighted by atomic mass is 35.5. The molecule has 1 fully saturated rings. The standard InChI is InChI=1S/C19H22ClN3O3S/c1-22(16-7-3-2-4-8-16)14-19(24)21-15-9-10-17(20)18(13-15)27(25,26)23-11-5-6-12-23/h2-4,7-10,13H,5-6,11-12,14H2,1H3,(H,21,24). The van der Waals surface area contributed by atoms with Crippen molar-refractivity contribution < 1.29 is 13.2 Å². The third kappa shape index (κ3) is 4.61. The number of benzene rings is 2. The highest BCUT2D eigenvalue weighted by Crippen LogP contribution is 2.29. The number of para-hydroxylation sites is 1. The molecule has 1 N–H and O–H groups in total. The van der Waals surface area contributed by atoms with Gasteiger partial charge < -0.3 is 10.2 Å². The summed E-state index contributed by atoms with van der Waals surface area (Å²) in [6, 6.07) is 14.1. The number of hydrogen-bond donors (Lipinski definition) is 1. The molecule has 0 atom stereocenters. The van der Waals surface area contributed by atoms with Crippen LogP contribution in [0.15, 0.2) is 53.4 Å². The molecule has 0 saturated carbocycles. The quantitative estimate of drug-likeness (QED) is 0.798. The maximum absolute atomic E-state index is 12.8. The van der Waals surface area contributed by atoms with E-state index in [1.165, 1.54) is 16.4 Å². The van der Waals surface area contributed by atoms with Crippen LogP contribution in [-0.2, 0) is 14.8 Å². The number of halogens is 1. The number of sulfonamides is 1. The van der Waals surface area contributed by atoms with Crippen molar-refractivity contribution in [2.45, 2.75) is 17.7 Å². The van der Waals surface area contributed by atoms with Crippen LogP contribution in [0.2, 0.25) is 5.02 Å². The molecule has 27 heavy (non-hydrogen) atoms. The van der Waals surface area contributed by atoms with E-state index < -0.39 is 10.0 Å². The monoisotopic (exact) mass is 407 g/mol. The molecule has 0 radical (unpaired) electrons. The molecule has 0 bridgehead atoms. The van der Waals surface area contributed by atoms with E-state index in [9.17, 15) is 13.2 Å². The minimum absolute atomic E-state index is 0.0280. The molecule has 1 amide bonds. The Kier molecular flexibility index (Phi) is 6.04. The van der Waals surface area contributed by atoms with Gasteiger partial charge in [-0.05, 0) is 43.2 Å². The predicted molar refractivity (Wildman–Crippen MR) is 108 cm³/mol. The van der Waals surface area contributed by atoms with Crippen LogP contribution in [0.4, 0.5) is 11.4 Å². The van der Waals surface area contributed by atoms with Gasteiger partial charge in [0.15, 0.2) is 0 Å². The van der Waals surface area contributed by atoms with E-state index in [4.69, 9.17) is 11.6 Å². The zero-order chi connectivity index (χ0) is 19.4. The van der Waals surface area contributed by atoms with Crippen molar-refractivity contribution in [3.05, 3.63) is 53.6 Å². The summed E-state index contributed by atoms with van der Waals surface area (Å²) in [6.45, 7) is 1.13. The molecule has 1 aliphatic heterocycles. The van der Waals surface area contributed by atoms with Crippen LogP contribution in [0.1, 0.15) is 12.8 Å². The molecule has 0 unspecified atom stereocenters. The van der Waals surface area contributed by atoms with Crippen molar-refractivity contribution in [2.75, 3.05) is 36.9 Å². The Balaban J connectivity index is 1.73. The molecular formula is C19H22ClN3O3S. The summed E-state index contributed by atoms with van der Waals surface area (Å²) in [5, 5.41) is 2.90. The normalized spacial score (nSPS) is 14.9. The number of amides is 1. The fourth-order valence-corrected chi connectivity index (χ4v) is 5.05. The van der Waals surface area contributed by atoms with Crippen molar-refractivity contribution >= 4 is 38.9 Å². The second-order valence-electron chi connectivity index (χ2n) is 6.50. The zero-order valence-electron chi connectivity index (χ0n) is 15.1. The minimum atomic E-state index is -3.65. The average Bonchev–Trinajstić information content (AvgIpc) is 3.19. The molecule has 144 valence electrons. The van der Waals surface area contributed by atoms with E-state index in [0.717, 1.165) is 18.5 Å². The molecule has 2 aromatic carbocycles. The first-order valence-electron chi connectivity index (χ1n) is 8.73. The summed E-state index contributed by atoms with van der Waals surface area (Å²) < 4.78 is 27.0. The lowest BCUT2D eigenvalue weighted by Crippen LogP contribution is -2.30. The number of hydrogen-bond acceptors (Lipinski definition) is 4. The van der Waals surface area contributed by atoms with Crippen LogP contribution in [0, 0.1) is 0 Å². The summed E-state index contributed by atoms with van der Waals surface area (Å²) >= 11 is 6.13. The lowest BCUT2D eigenvalue weighted by atomic mass is 10.3. The van der Waals surface area contributed by atoms with Crippen molar-refractivity contribution in [3.63, 3.8) is 0 Å². The molecule has 0 spiro atoms. The van der Waals surface area contributed by atoms with E-state index in [1.807, 2.05) is 42.3 Å². The number of likely N-dealkylation sites (N-methyl/N-ethyl adjacent to an activating group) is 1. The van der Waals surface area contributed by atoms with E-state index >= 15 is 0 Å². The SMILES string of the molecule is CN(CC(=O)Nc1ccc(Cl)c(S(=O)(=O)N2CCCC2)c1)c1ccccc1. The minimum Gasteiger partial charge on any atom is -0.365 e. The van der Waals surface area contributed by atoms with Crippen LogP contribution in [0.3, 0.4) is 0 Å². The van der Waals surface area contributed by atoms with Crippen LogP contribution in [0.25, 0.3) is 0 Å². The van der Waals surface area contributed by atoms with Gasteiger partial charge in [0.2, 0.25) is 15.9 Å². The Morgan fingerprint density at radius 2 is 1.81 bits per heavy atom. The van der Waals surface area contributed by atoms with Crippen LogP contribution in [-0.4, -0.2) is 45.3 Å². The largest absolute Gasteiger partial charge is 0.365 e. The number of carbonyl (C=O) groups is 1. The molecule has 1 heterocycles. The van der Waals surface area contributed by atoms with Crippen LogP contribution in [0.5, 0.6) is 0 Å². The maximum Gasteiger partial charge on any atom is 0.244 e. The summed E-state index contributed by atoms with van der Waals surface area (Å²) in [5.74, 6) is -0.242. The van der Waals surface area contributed by atoms with Gasteiger partial charge in [0.05, 0.1) is 11.6 Å². The fourth-order valence-electron chi connectivity index (χ4n) is 3.04. The van der Waals surface area contributed by atoms with Gasteiger partial charge in [-0.15, -0.1) is 0 Å². The van der Waals surface area contributed by atoms with E-state index in [1.54, 1.807) is 6.07 Å². The third-order valence-corrected chi connectivity index (χ3v) is 6.86. The summed E-state index contributed by atoms with van der Waals surface area (Å²) in [5.41, 5.74) is 1.32. The van der Waals surface area contributed by atoms with E-state index in [2.05, 4.69) is 5.32 Å². The van der Waals surface area contributed by atoms with Gasteiger partial charge in [-0.3, -0.25) is 4.79 Å². The lowest BCUT2D eigenvalue weighted by Gasteiger charge is -2.19. The van der Waals surface area contributed by atoms with Gasteiger partial charge in [0, 0.05) is 31.5 Å². The lowest BCUT2D eigenvalue weighted by molar-refractivity contribution is -0.114. The molecule has 0 aromatic heterocycles. The molecule has 2 aromatic rings. The zero-order valence-corrected chi connectivity index (χ0v) is 16.6. The van der Waals surface area contributed by atoms with Gasteiger partial charge in [-0.2, -0.15) is 4.31 Å². The Morgan fingerprint density at radius 1 is 1.15 bits per heavy atom. The van der Waals surface area contributed by atoms with Gasteiger partial charge in [0.25, 0.3) is 0 Å².